The topological polar surface area (TPSA) is 85.1 Å². The molecule has 1 saturated carbocycles. The van der Waals surface area contributed by atoms with Gasteiger partial charge in [0.05, 0.1) is 16.3 Å². The van der Waals surface area contributed by atoms with E-state index >= 15 is 0 Å². The van der Waals surface area contributed by atoms with E-state index in [-0.39, 0.29) is 10.6 Å². The van der Waals surface area contributed by atoms with Crippen molar-refractivity contribution in [2.45, 2.75) is 30.6 Å². The van der Waals surface area contributed by atoms with Crippen LogP contribution in [0, 0.1) is 12.7 Å². The van der Waals surface area contributed by atoms with Gasteiger partial charge in [-0.1, -0.05) is 0 Å². The number of thiazole rings is 1. The molecule has 0 amide bonds. The summed E-state index contributed by atoms with van der Waals surface area (Å²) in [5.74, 6) is -0.167. The minimum Gasteiger partial charge on any atom is -0.396 e. The molecule has 5 nitrogen and oxygen atoms in total. The second-order valence-corrected chi connectivity index (χ2v) is 7.61. The van der Waals surface area contributed by atoms with Crippen molar-refractivity contribution >= 4 is 32.2 Å². The highest BCUT2D eigenvalue weighted by Crippen LogP contribution is 2.41. The van der Waals surface area contributed by atoms with Gasteiger partial charge < -0.3 is 5.73 Å². The summed E-state index contributed by atoms with van der Waals surface area (Å²) in [6, 6.07) is 2.24. The quantitative estimate of drug-likeness (QED) is 0.846. The predicted octanol–water partition coefficient (Wildman–Crippen LogP) is 2.85. The van der Waals surface area contributed by atoms with Gasteiger partial charge in [-0.05, 0) is 37.5 Å². The summed E-state index contributed by atoms with van der Waals surface area (Å²) in [6.07, 6.45) is 2.20. The number of aryl methyl sites for hydroxylation is 1. The molecule has 0 saturated heterocycles. The van der Waals surface area contributed by atoms with Crippen LogP contribution < -0.4 is 10.5 Å². The SMILES string of the molecule is Cc1cc(F)c(N)cc1S(=O)(=O)Nc1nc(C2CC2)cs1. The van der Waals surface area contributed by atoms with E-state index in [2.05, 4.69) is 9.71 Å². The smallest absolute Gasteiger partial charge is 0.264 e. The monoisotopic (exact) mass is 327 g/mol. The third-order valence-electron chi connectivity index (χ3n) is 3.32. The fourth-order valence-electron chi connectivity index (χ4n) is 2.03. The van der Waals surface area contributed by atoms with Gasteiger partial charge in [0.25, 0.3) is 10.0 Å². The Morgan fingerprint density at radius 2 is 2.14 bits per heavy atom. The molecule has 2 aromatic rings. The maximum absolute atomic E-state index is 13.3. The van der Waals surface area contributed by atoms with Crippen LogP contribution in [0.5, 0.6) is 0 Å². The Morgan fingerprint density at radius 3 is 2.81 bits per heavy atom. The molecular formula is C13H14FN3O2S2. The van der Waals surface area contributed by atoms with E-state index in [1.165, 1.54) is 18.3 Å². The zero-order chi connectivity index (χ0) is 15.2. The summed E-state index contributed by atoms with van der Waals surface area (Å²) >= 11 is 1.25. The summed E-state index contributed by atoms with van der Waals surface area (Å²) in [4.78, 5) is 4.24. The van der Waals surface area contributed by atoms with Crippen molar-refractivity contribution in [2.24, 2.45) is 0 Å². The highest BCUT2D eigenvalue weighted by atomic mass is 32.2. The summed E-state index contributed by atoms with van der Waals surface area (Å²) in [7, 11) is -3.82. The van der Waals surface area contributed by atoms with Gasteiger partial charge in [0, 0.05) is 11.3 Å². The number of nitrogens with two attached hydrogens (primary N) is 1. The molecule has 0 spiro atoms. The summed E-state index contributed by atoms with van der Waals surface area (Å²) in [5, 5.41) is 2.18. The molecule has 1 aliphatic carbocycles. The largest absolute Gasteiger partial charge is 0.396 e. The number of halogens is 1. The van der Waals surface area contributed by atoms with Gasteiger partial charge >= 0.3 is 0 Å². The highest BCUT2D eigenvalue weighted by Gasteiger charge is 2.27. The molecule has 0 aliphatic heterocycles. The molecule has 0 radical (unpaired) electrons. The van der Waals surface area contributed by atoms with Crippen LogP contribution in [0.25, 0.3) is 0 Å². The lowest BCUT2D eigenvalue weighted by molar-refractivity contribution is 0.599. The maximum atomic E-state index is 13.3. The molecule has 3 rings (SSSR count). The van der Waals surface area contributed by atoms with Crippen molar-refractivity contribution in [1.82, 2.24) is 4.98 Å². The van der Waals surface area contributed by atoms with Crippen molar-refractivity contribution in [3.05, 3.63) is 34.6 Å². The Hall–Kier alpha value is -1.67. The Bertz CT molecular complexity index is 798. The van der Waals surface area contributed by atoms with Gasteiger partial charge in [-0.2, -0.15) is 0 Å². The van der Waals surface area contributed by atoms with Crippen LogP contribution in [-0.4, -0.2) is 13.4 Å². The van der Waals surface area contributed by atoms with E-state index < -0.39 is 15.8 Å². The predicted molar refractivity (Wildman–Crippen MR) is 80.4 cm³/mol. The number of anilines is 2. The first-order chi connectivity index (χ1) is 9.87. The van der Waals surface area contributed by atoms with Crippen LogP contribution >= 0.6 is 11.3 Å². The average molecular weight is 327 g/mol. The number of nitrogens with zero attached hydrogens (tertiary/aromatic N) is 1. The third-order valence-corrected chi connectivity index (χ3v) is 5.71. The second kappa shape index (κ2) is 4.96. The summed E-state index contributed by atoms with van der Waals surface area (Å²) < 4.78 is 40.5. The molecule has 8 heteroatoms. The molecule has 1 aromatic heterocycles. The lowest BCUT2D eigenvalue weighted by Crippen LogP contribution is -2.15. The molecule has 1 aliphatic rings. The molecular weight excluding hydrogens is 313 g/mol. The van der Waals surface area contributed by atoms with E-state index in [9.17, 15) is 12.8 Å². The zero-order valence-corrected chi connectivity index (χ0v) is 12.9. The van der Waals surface area contributed by atoms with E-state index in [4.69, 9.17) is 5.73 Å². The van der Waals surface area contributed by atoms with Gasteiger partial charge in [-0.3, -0.25) is 4.72 Å². The number of hydrogen-bond donors (Lipinski definition) is 2. The number of benzene rings is 1. The number of nitrogens with one attached hydrogen (secondary N) is 1. The number of rotatable bonds is 4. The van der Waals surface area contributed by atoms with Crippen LogP contribution in [-0.2, 0) is 10.0 Å². The van der Waals surface area contributed by atoms with Crippen LogP contribution in [0.4, 0.5) is 15.2 Å². The molecule has 0 unspecified atom stereocenters. The first kappa shape index (κ1) is 14.3. The minimum absolute atomic E-state index is 0.0374. The highest BCUT2D eigenvalue weighted by molar-refractivity contribution is 7.93. The summed E-state index contributed by atoms with van der Waals surface area (Å²) in [6.45, 7) is 1.52. The number of aromatic nitrogens is 1. The first-order valence-corrected chi connectivity index (χ1v) is 8.77. The zero-order valence-electron chi connectivity index (χ0n) is 11.3. The Balaban J connectivity index is 1.90. The van der Waals surface area contributed by atoms with Crippen molar-refractivity contribution in [1.29, 1.82) is 0 Å². The number of hydrogen-bond acceptors (Lipinski definition) is 5. The number of sulfonamides is 1. The van der Waals surface area contributed by atoms with E-state index in [0.717, 1.165) is 30.7 Å². The van der Waals surface area contributed by atoms with Crippen molar-refractivity contribution in [3.8, 4) is 0 Å². The average Bonchev–Trinajstić information content (AvgIpc) is 3.15. The third kappa shape index (κ3) is 2.86. The van der Waals surface area contributed by atoms with Crippen molar-refractivity contribution in [2.75, 3.05) is 10.5 Å². The lowest BCUT2D eigenvalue weighted by Gasteiger charge is -2.09. The van der Waals surface area contributed by atoms with Crippen LogP contribution in [0.3, 0.4) is 0 Å². The van der Waals surface area contributed by atoms with Crippen LogP contribution in [0.15, 0.2) is 22.4 Å². The van der Waals surface area contributed by atoms with Gasteiger partial charge in [-0.15, -0.1) is 11.3 Å². The Labute approximate surface area is 126 Å². The second-order valence-electron chi connectivity index (χ2n) is 5.10. The van der Waals surface area contributed by atoms with E-state index in [0.29, 0.717) is 16.6 Å². The molecule has 0 bridgehead atoms. The van der Waals surface area contributed by atoms with Gasteiger partial charge in [0.1, 0.15) is 5.82 Å². The van der Waals surface area contributed by atoms with Gasteiger partial charge in [0.2, 0.25) is 0 Å². The molecule has 0 atom stereocenters. The van der Waals surface area contributed by atoms with Crippen molar-refractivity contribution < 1.29 is 12.8 Å². The number of nitrogen functional groups attached to an aromatic ring is 1. The normalized spacial score (nSPS) is 15.1. The van der Waals surface area contributed by atoms with E-state index in [1.807, 2.05) is 5.38 Å². The molecule has 112 valence electrons. The fourth-order valence-corrected chi connectivity index (χ4v) is 4.34. The Kier molecular flexibility index (Phi) is 3.37. The molecule has 3 N–H and O–H groups in total. The van der Waals surface area contributed by atoms with Crippen LogP contribution in [0.1, 0.15) is 30.0 Å². The van der Waals surface area contributed by atoms with E-state index in [1.54, 1.807) is 0 Å². The lowest BCUT2D eigenvalue weighted by atomic mass is 10.2. The molecule has 21 heavy (non-hydrogen) atoms. The maximum Gasteiger partial charge on any atom is 0.264 e. The molecule has 1 fully saturated rings. The van der Waals surface area contributed by atoms with Gasteiger partial charge in [0.15, 0.2) is 5.13 Å². The minimum atomic E-state index is -3.82. The molecule has 1 heterocycles. The first-order valence-electron chi connectivity index (χ1n) is 6.40. The van der Waals surface area contributed by atoms with Crippen molar-refractivity contribution in [3.63, 3.8) is 0 Å². The summed E-state index contributed by atoms with van der Waals surface area (Å²) in [5.41, 5.74) is 6.48. The van der Waals surface area contributed by atoms with Gasteiger partial charge in [-0.25, -0.2) is 17.8 Å². The fraction of sp³-hybridized carbons (Fsp3) is 0.308. The Morgan fingerprint density at radius 1 is 1.43 bits per heavy atom. The standard InChI is InChI=1S/C13H14FN3O2S2/c1-7-4-9(14)10(15)5-12(7)21(18,19)17-13-16-11(6-20-13)8-2-3-8/h4-6,8H,2-3,15H2,1H3,(H,16,17). The molecule has 1 aromatic carbocycles. The van der Waals surface area contributed by atoms with Crippen LogP contribution in [0.2, 0.25) is 0 Å².